The summed E-state index contributed by atoms with van der Waals surface area (Å²) in [5.41, 5.74) is 5.94. The molecule has 2 heterocycles. The van der Waals surface area contributed by atoms with Gasteiger partial charge in [0.2, 0.25) is 9.84 Å². The Morgan fingerprint density at radius 2 is 0.806 bits per heavy atom. The fourth-order valence-electron chi connectivity index (χ4n) is 2.83. The van der Waals surface area contributed by atoms with E-state index in [1.54, 1.807) is 0 Å². The first-order chi connectivity index (χ1) is 14.8. The molecule has 2 aliphatic rings. The molecule has 0 aliphatic carbocycles. The van der Waals surface area contributed by atoms with E-state index in [4.69, 9.17) is 0 Å². The number of rotatable bonds is 6. The number of hydrogen-bond donors (Lipinski definition) is 2. The lowest BCUT2D eigenvalue weighted by molar-refractivity contribution is -0.136. The van der Waals surface area contributed by atoms with Gasteiger partial charge in [0.25, 0.3) is 23.6 Å². The molecule has 0 saturated carbocycles. The van der Waals surface area contributed by atoms with Crippen LogP contribution in [0.1, 0.15) is 0 Å². The Balaban J connectivity index is 1.48. The molecule has 4 rings (SSSR count). The van der Waals surface area contributed by atoms with Gasteiger partial charge in [-0.2, -0.15) is 10.0 Å². The largest absolute Gasteiger partial charge is 0.288 e. The van der Waals surface area contributed by atoms with Gasteiger partial charge in [-0.3, -0.25) is 30.0 Å². The molecular formula is C20H14N4O6S. The van der Waals surface area contributed by atoms with E-state index < -0.39 is 33.5 Å². The van der Waals surface area contributed by atoms with Gasteiger partial charge >= 0.3 is 0 Å². The second-order valence-corrected chi connectivity index (χ2v) is 8.42. The molecule has 11 heteroatoms. The van der Waals surface area contributed by atoms with E-state index in [2.05, 4.69) is 10.9 Å². The minimum atomic E-state index is -3.85. The topological polar surface area (TPSA) is 133 Å². The highest BCUT2D eigenvalue weighted by atomic mass is 32.2. The lowest BCUT2D eigenvalue weighted by Crippen LogP contribution is -2.35. The maximum Gasteiger partial charge on any atom is 0.272 e. The van der Waals surface area contributed by atoms with Crippen molar-refractivity contribution >= 4 is 44.8 Å². The van der Waals surface area contributed by atoms with Gasteiger partial charge in [0.15, 0.2) is 0 Å². The van der Waals surface area contributed by atoms with Gasteiger partial charge in [-0.15, -0.1) is 0 Å². The quantitative estimate of drug-likeness (QED) is 0.639. The number of benzene rings is 2. The van der Waals surface area contributed by atoms with Crippen molar-refractivity contribution in [3.05, 3.63) is 72.8 Å². The van der Waals surface area contributed by atoms with Crippen LogP contribution in [0.15, 0.2) is 82.6 Å². The second-order valence-electron chi connectivity index (χ2n) is 6.47. The highest BCUT2D eigenvalue weighted by Gasteiger charge is 2.25. The number of imide groups is 2. The third-order valence-electron chi connectivity index (χ3n) is 4.43. The molecule has 0 saturated heterocycles. The summed E-state index contributed by atoms with van der Waals surface area (Å²) >= 11 is 0. The Kier molecular flexibility index (Phi) is 4.87. The van der Waals surface area contributed by atoms with Crippen LogP contribution in [0, 0.1) is 0 Å². The molecule has 0 atom stereocenters. The minimum absolute atomic E-state index is 0.00468. The Labute approximate surface area is 176 Å². The van der Waals surface area contributed by atoms with E-state index in [0.29, 0.717) is 11.4 Å². The average molecular weight is 438 g/mol. The molecule has 2 aliphatic heterocycles. The monoisotopic (exact) mass is 438 g/mol. The standard InChI is InChI=1S/C20H14N4O6S/c25-17-9-10-18(26)23(17)21-13-1-5-15(6-2-13)31(29,30)16-7-3-14(4-8-16)22-24-19(27)11-12-20(24)28/h1-12,21-22H. The zero-order chi connectivity index (χ0) is 22.2. The third kappa shape index (κ3) is 3.81. The van der Waals surface area contributed by atoms with Crippen molar-refractivity contribution < 1.29 is 27.6 Å². The number of carbonyl (C=O) groups is 4. The molecule has 0 radical (unpaired) electrons. The number of hydrazine groups is 2. The first-order valence-electron chi connectivity index (χ1n) is 8.86. The van der Waals surface area contributed by atoms with Gasteiger partial charge in [-0.05, 0) is 48.5 Å². The van der Waals surface area contributed by atoms with Crippen LogP contribution in [0.4, 0.5) is 11.4 Å². The summed E-state index contributed by atoms with van der Waals surface area (Å²) < 4.78 is 25.7. The lowest BCUT2D eigenvalue weighted by atomic mass is 10.3. The summed E-state index contributed by atoms with van der Waals surface area (Å²) in [5, 5.41) is 1.61. The molecule has 10 nitrogen and oxygen atoms in total. The summed E-state index contributed by atoms with van der Waals surface area (Å²) in [4.78, 5) is 46.3. The molecule has 2 N–H and O–H groups in total. The number of anilines is 2. The number of nitrogens with zero attached hydrogens (tertiary/aromatic N) is 2. The summed E-state index contributed by atoms with van der Waals surface area (Å²) in [6.07, 6.45) is 4.49. The highest BCUT2D eigenvalue weighted by Crippen LogP contribution is 2.24. The normalized spacial score (nSPS) is 15.9. The van der Waals surface area contributed by atoms with Gasteiger partial charge in [0.05, 0.1) is 21.2 Å². The van der Waals surface area contributed by atoms with Gasteiger partial charge < -0.3 is 0 Å². The van der Waals surface area contributed by atoms with Crippen LogP contribution in [0.25, 0.3) is 0 Å². The predicted molar refractivity (Wildman–Crippen MR) is 108 cm³/mol. The van der Waals surface area contributed by atoms with Crippen LogP contribution in [-0.2, 0) is 29.0 Å². The molecule has 156 valence electrons. The Hall–Kier alpha value is -4.25. The smallest absolute Gasteiger partial charge is 0.272 e. The van der Waals surface area contributed by atoms with Crippen LogP contribution < -0.4 is 10.9 Å². The first-order valence-corrected chi connectivity index (χ1v) is 10.3. The van der Waals surface area contributed by atoms with E-state index in [1.807, 2.05) is 0 Å². The molecule has 0 fully saturated rings. The van der Waals surface area contributed by atoms with E-state index in [0.717, 1.165) is 34.3 Å². The van der Waals surface area contributed by atoms with Crippen LogP contribution in [0.2, 0.25) is 0 Å². The van der Waals surface area contributed by atoms with Crippen molar-refractivity contribution in [1.29, 1.82) is 0 Å². The number of sulfone groups is 1. The molecular weight excluding hydrogens is 424 g/mol. The second kappa shape index (κ2) is 7.54. The van der Waals surface area contributed by atoms with Gasteiger partial charge in [0, 0.05) is 24.3 Å². The maximum absolute atomic E-state index is 12.9. The van der Waals surface area contributed by atoms with Crippen molar-refractivity contribution in [2.24, 2.45) is 0 Å². The SMILES string of the molecule is O=C1C=CC(=O)N1Nc1ccc(S(=O)(=O)c2ccc(NN3C(=O)C=CC3=O)cc2)cc1. The maximum atomic E-state index is 12.9. The van der Waals surface area contributed by atoms with Crippen molar-refractivity contribution in [2.45, 2.75) is 9.79 Å². The molecule has 0 bridgehead atoms. The van der Waals surface area contributed by atoms with Crippen molar-refractivity contribution in [3.63, 3.8) is 0 Å². The van der Waals surface area contributed by atoms with Crippen LogP contribution >= 0.6 is 0 Å². The summed E-state index contributed by atoms with van der Waals surface area (Å²) in [6, 6.07) is 11.1. The predicted octanol–water partition coefficient (Wildman–Crippen LogP) is 1.02. The van der Waals surface area contributed by atoms with E-state index in [9.17, 15) is 27.6 Å². The zero-order valence-electron chi connectivity index (χ0n) is 15.7. The summed E-state index contributed by atoms with van der Waals surface area (Å²) in [7, 11) is -3.85. The number of amides is 4. The van der Waals surface area contributed by atoms with Gasteiger partial charge in [-0.1, -0.05) is 0 Å². The number of hydrogen-bond acceptors (Lipinski definition) is 8. The fourth-order valence-corrected chi connectivity index (χ4v) is 4.09. The number of carbonyl (C=O) groups excluding carboxylic acids is 4. The molecule has 0 aromatic heterocycles. The summed E-state index contributed by atoms with van der Waals surface area (Å²) in [6.45, 7) is 0. The number of nitrogens with one attached hydrogen (secondary N) is 2. The Morgan fingerprint density at radius 1 is 0.516 bits per heavy atom. The molecule has 2 aromatic rings. The summed E-state index contributed by atoms with van der Waals surface area (Å²) in [5.74, 6) is -2.10. The molecule has 0 unspecified atom stereocenters. The van der Waals surface area contributed by atoms with E-state index in [-0.39, 0.29) is 9.79 Å². The molecule has 4 amide bonds. The van der Waals surface area contributed by atoms with Crippen LogP contribution in [0.5, 0.6) is 0 Å². The van der Waals surface area contributed by atoms with Gasteiger partial charge in [0.1, 0.15) is 0 Å². The highest BCUT2D eigenvalue weighted by molar-refractivity contribution is 7.91. The van der Waals surface area contributed by atoms with Crippen molar-refractivity contribution in [1.82, 2.24) is 10.0 Å². The Morgan fingerprint density at radius 3 is 1.10 bits per heavy atom. The zero-order valence-corrected chi connectivity index (χ0v) is 16.5. The lowest BCUT2D eigenvalue weighted by Gasteiger charge is -2.17. The van der Waals surface area contributed by atoms with Gasteiger partial charge in [-0.25, -0.2) is 8.42 Å². The first kappa shape index (κ1) is 20.0. The fraction of sp³-hybridized carbons (Fsp3) is 0. The van der Waals surface area contributed by atoms with E-state index >= 15 is 0 Å². The van der Waals surface area contributed by atoms with E-state index in [1.165, 1.54) is 48.5 Å². The molecule has 0 spiro atoms. The van der Waals surface area contributed by atoms with Crippen molar-refractivity contribution in [3.8, 4) is 0 Å². The Bertz CT molecular complexity index is 1130. The van der Waals surface area contributed by atoms with Crippen LogP contribution in [0.3, 0.4) is 0 Å². The third-order valence-corrected chi connectivity index (χ3v) is 6.22. The van der Waals surface area contributed by atoms with Crippen LogP contribution in [-0.4, -0.2) is 42.1 Å². The molecule has 31 heavy (non-hydrogen) atoms. The average Bonchev–Trinajstić information content (AvgIpc) is 3.25. The molecule has 2 aromatic carbocycles. The minimum Gasteiger partial charge on any atom is -0.288 e. The van der Waals surface area contributed by atoms with Crippen molar-refractivity contribution in [2.75, 3.05) is 10.9 Å².